The second-order valence-electron chi connectivity index (χ2n) is 6.66. The number of benzene rings is 1. The molecule has 25 heavy (non-hydrogen) atoms. The summed E-state index contributed by atoms with van der Waals surface area (Å²) in [5.41, 5.74) is 0.116. The SMILES string of the molecule is C[C@H]1CCCC[C@H]1OCCNC(=O)c1cc(=O)[nH]c2cc(F)ccc12. The quantitative estimate of drug-likeness (QED) is 0.818. The summed E-state index contributed by atoms with van der Waals surface area (Å²) in [6.07, 6.45) is 4.96. The van der Waals surface area contributed by atoms with Crippen molar-refractivity contribution in [1.82, 2.24) is 10.3 Å². The smallest absolute Gasteiger partial charge is 0.252 e. The molecule has 1 aliphatic rings. The Labute approximate surface area is 145 Å². The number of carbonyl (C=O) groups excluding carboxylic acids is 1. The Morgan fingerprint density at radius 2 is 2.12 bits per heavy atom. The molecule has 1 aromatic carbocycles. The molecule has 1 amide bonds. The summed E-state index contributed by atoms with van der Waals surface area (Å²) in [4.78, 5) is 26.6. The summed E-state index contributed by atoms with van der Waals surface area (Å²) < 4.78 is 19.2. The number of nitrogens with one attached hydrogen (secondary N) is 2. The van der Waals surface area contributed by atoms with Gasteiger partial charge in [-0.2, -0.15) is 0 Å². The van der Waals surface area contributed by atoms with Gasteiger partial charge in [0.1, 0.15) is 5.82 Å². The number of rotatable bonds is 5. The largest absolute Gasteiger partial charge is 0.376 e. The molecule has 0 aliphatic heterocycles. The Kier molecular flexibility index (Phi) is 5.48. The van der Waals surface area contributed by atoms with Gasteiger partial charge in [0.05, 0.1) is 23.8 Å². The molecule has 6 heteroatoms. The van der Waals surface area contributed by atoms with Crippen LogP contribution >= 0.6 is 0 Å². The van der Waals surface area contributed by atoms with Gasteiger partial charge in [-0.3, -0.25) is 9.59 Å². The number of halogens is 1. The number of fused-ring (bicyclic) bond motifs is 1. The van der Waals surface area contributed by atoms with Gasteiger partial charge in [-0.15, -0.1) is 0 Å². The number of hydrogen-bond acceptors (Lipinski definition) is 3. The molecule has 2 atom stereocenters. The van der Waals surface area contributed by atoms with Crippen molar-refractivity contribution in [2.24, 2.45) is 5.92 Å². The number of aromatic nitrogens is 1. The van der Waals surface area contributed by atoms with Gasteiger partial charge in [0.2, 0.25) is 5.56 Å². The summed E-state index contributed by atoms with van der Waals surface area (Å²) in [5.74, 6) is -0.269. The van der Waals surface area contributed by atoms with E-state index >= 15 is 0 Å². The molecular formula is C19H23FN2O3. The molecule has 2 N–H and O–H groups in total. The third kappa shape index (κ3) is 4.25. The molecule has 1 fully saturated rings. The van der Waals surface area contributed by atoms with Gasteiger partial charge in [0.25, 0.3) is 5.91 Å². The van der Waals surface area contributed by atoms with Crippen LogP contribution in [0.2, 0.25) is 0 Å². The van der Waals surface area contributed by atoms with Crippen LogP contribution in [0.15, 0.2) is 29.1 Å². The number of hydrogen-bond donors (Lipinski definition) is 2. The van der Waals surface area contributed by atoms with Crippen LogP contribution in [0.25, 0.3) is 10.9 Å². The Balaban J connectivity index is 1.61. The molecule has 1 heterocycles. The van der Waals surface area contributed by atoms with Gasteiger partial charge < -0.3 is 15.0 Å². The van der Waals surface area contributed by atoms with E-state index in [0.29, 0.717) is 30.0 Å². The van der Waals surface area contributed by atoms with Crippen molar-refractivity contribution >= 4 is 16.8 Å². The van der Waals surface area contributed by atoms with E-state index < -0.39 is 11.4 Å². The summed E-state index contributed by atoms with van der Waals surface area (Å²) in [6, 6.07) is 5.21. The summed E-state index contributed by atoms with van der Waals surface area (Å²) in [7, 11) is 0. The first kappa shape index (κ1) is 17.6. The summed E-state index contributed by atoms with van der Waals surface area (Å²) >= 11 is 0. The number of ether oxygens (including phenoxy) is 1. The Morgan fingerprint density at radius 1 is 1.32 bits per heavy atom. The Bertz CT molecular complexity index is 818. The van der Waals surface area contributed by atoms with Crippen molar-refractivity contribution in [2.75, 3.05) is 13.2 Å². The van der Waals surface area contributed by atoms with E-state index in [2.05, 4.69) is 17.2 Å². The molecule has 0 bridgehead atoms. The third-order valence-corrected chi connectivity index (χ3v) is 4.80. The molecule has 1 aliphatic carbocycles. The van der Waals surface area contributed by atoms with E-state index in [1.54, 1.807) is 0 Å². The van der Waals surface area contributed by atoms with Gasteiger partial charge in [0.15, 0.2) is 0 Å². The lowest BCUT2D eigenvalue weighted by Gasteiger charge is -2.28. The van der Waals surface area contributed by atoms with Gasteiger partial charge >= 0.3 is 0 Å². The first-order valence-corrected chi connectivity index (χ1v) is 8.77. The number of pyridine rings is 1. The van der Waals surface area contributed by atoms with Crippen LogP contribution in [0, 0.1) is 11.7 Å². The second-order valence-corrected chi connectivity index (χ2v) is 6.66. The van der Waals surface area contributed by atoms with E-state index in [1.165, 1.54) is 43.5 Å². The van der Waals surface area contributed by atoms with Crippen molar-refractivity contribution in [3.05, 3.63) is 46.0 Å². The molecule has 0 radical (unpaired) electrons. The zero-order valence-corrected chi connectivity index (χ0v) is 14.3. The van der Waals surface area contributed by atoms with E-state index in [-0.39, 0.29) is 17.6 Å². The average molecular weight is 346 g/mol. The van der Waals surface area contributed by atoms with Crippen LogP contribution in [0.4, 0.5) is 4.39 Å². The van der Waals surface area contributed by atoms with Gasteiger partial charge in [0, 0.05) is 18.0 Å². The van der Waals surface area contributed by atoms with E-state index in [9.17, 15) is 14.0 Å². The molecule has 5 nitrogen and oxygen atoms in total. The van der Waals surface area contributed by atoms with Crippen molar-refractivity contribution in [3.63, 3.8) is 0 Å². The van der Waals surface area contributed by atoms with Crippen LogP contribution in [0.5, 0.6) is 0 Å². The molecule has 1 saturated carbocycles. The zero-order chi connectivity index (χ0) is 17.8. The van der Waals surface area contributed by atoms with E-state index in [0.717, 1.165) is 6.42 Å². The lowest BCUT2D eigenvalue weighted by Crippen LogP contribution is -2.32. The highest BCUT2D eigenvalue weighted by atomic mass is 19.1. The molecule has 0 saturated heterocycles. The van der Waals surface area contributed by atoms with E-state index in [1.807, 2.05) is 0 Å². The maximum Gasteiger partial charge on any atom is 0.252 e. The summed E-state index contributed by atoms with van der Waals surface area (Å²) in [5, 5.41) is 3.29. The number of H-pyrrole nitrogens is 1. The minimum atomic E-state index is -0.462. The van der Waals surface area contributed by atoms with Crippen molar-refractivity contribution in [1.29, 1.82) is 0 Å². The Hall–Kier alpha value is -2.21. The van der Waals surface area contributed by atoms with Gasteiger partial charge in [-0.1, -0.05) is 19.8 Å². The highest BCUT2D eigenvalue weighted by Crippen LogP contribution is 2.26. The molecule has 1 aromatic heterocycles. The maximum absolute atomic E-state index is 13.3. The minimum absolute atomic E-state index is 0.241. The Morgan fingerprint density at radius 3 is 2.92 bits per heavy atom. The van der Waals surface area contributed by atoms with Gasteiger partial charge in [-0.05, 0) is 37.0 Å². The molecule has 134 valence electrons. The molecule has 0 spiro atoms. The fourth-order valence-electron chi connectivity index (χ4n) is 3.42. The number of aromatic amines is 1. The fourth-order valence-corrected chi connectivity index (χ4v) is 3.42. The minimum Gasteiger partial charge on any atom is -0.376 e. The predicted molar refractivity (Wildman–Crippen MR) is 94.2 cm³/mol. The average Bonchev–Trinajstić information content (AvgIpc) is 2.58. The second kappa shape index (κ2) is 7.78. The lowest BCUT2D eigenvalue weighted by molar-refractivity contribution is -0.00293. The monoisotopic (exact) mass is 346 g/mol. The van der Waals surface area contributed by atoms with Crippen LogP contribution < -0.4 is 10.9 Å². The molecule has 0 unspecified atom stereocenters. The lowest BCUT2D eigenvalue weighted by atomic mass is 9.88. The zero-order valence-electron chi connectivity index (χ0n) is 14.3. The topological polar surface area (TPSA) is 71.2 Å². The molecular weight excluding hydrogens is 323 g/mol. The predicted octanol–water partition coefficient (Wildman–Crippen LogP) is 2.99. The third-order valence-electron chi connectivity index (χ3n) is 4.80. The standard InChI is InChI=1S/C19H23FN2O3/c1-12-4-2-3-5-17(12)25-9-8-21-19(24)15-11-18(23)22-16-10-13(20)6-7-14(15)16/h6-7,10-12,17H,2-5,8-9H2,1H3,(H,21,24)(H,22,23)/t12-,17+/m0/s1. The van der Waals surface area contributed by atoms with Crippen LogP contribution in [0.1, 0.15) is 43.0 Å². The van der Waals surface area contributed by atoms with Crippen molar-refractivity contribution < 1.29 is 13.9 Å². The first-order valence-electron chi connectivity index (χ1n) is 8.77. The van der Waals surface area contributed by atoms with Crippen molar-refractivity contribution in [2.45, 2.75) is 38.7 Å². The number of carbonyl (C=O) groups is 1. The van der Waals surface area contributed by atoms with Crippen molar-refractivity contribution in [3.8, 4) is 0 Å². The number of amides is 1. The molecule has 3 rings (SSSR count). The first-order chi connectivity index (χ1) is 12.0. The normalized spacial score (nSPS) is 20.6. The summed E-state index contributed by atoms with van der Waals surface area (Å²) in [6.45, 7) is 3.01. The maximum atomic E-state index is 13.3. The molecule has 2 aromatic rings. The van der Waals surface area contributed by atoms with Crippen LogP contribution in [-0.2, 0) is 4.74 Å². The fraction of sp³-hybridized carbons (Fsp3) is 0.474. The van der Waals surface area contributed by atoms with E-state index in [4.69, 9.17) is 4.74 Å². The van der Waals surface area contributed by atoms with Gasteiger partial charge in [-0.25, -0.2) is 4.39 Å². The van der Waals surface area contributed by atoms with Crippen LogP contribution in [-0.4, -0.2) is 30.1 Å². The van der Waals surface area contributed by atoms with Crippen LogP contribution in [0.3, 0.4) is 0 Å². The highest BCUT2D eigenvalue weighted by Gasteiger charge is 2.21. The highest BCUT2D eigenvalue weighted by molar-refractivity contribution is 6.05.